The number of nitrogens with one attached hydrogen (secondary N) is 1. The van der Waals surface area contributed by atoms with Crippen LogP contribution in [0.25, 0.3) is 5.69 Å². The Morgan fingerprint density at radius 2 is 1.66 bits per heavy atom. The number of rotatable bonds is 5. The number of carbonyl (C=O) groups excluding carboxylic acids is 1. The van der Waals surface area contributed by atoms with E-state index < -0.39 is 15.9 Å². The highest BCUT2D eigenvalue weighted by Gasteiger charge is 2.30. The van der Waals surface area contributed by atoms with Crippen LogP contribution < -0.4 is 5.32 Å². The number of nitrogens with zero attached hydrogens (tertiary/aromatic N) is 3. The summed E-state index contributed by atoms with van der Waals surface area (Å²) in [6.45, 7) is 6.77. The van der Waals surface area contributed by atoms with Gasteiger partial charge in [0.15, 0.2) is 0 Å². The van der Waals surface area contributed by atoms with E-state index in [2.05, 4.69) is 16.5 Å². The van der Waals surface area contributed by atoms with E-state index in [1.807, 2.05) is 32.9 Å². The van der Waals surface area contributed by atoms with Crippen molar-refractivity contribution in [2.24, 2.45) is 0 Å². The van der Waals surface area contributed by atoms with Gasteiger partial charge in [-0.05, 0) is 75.1 Å². The molecule has 0 saturated carbocycles. The number of hydrogen-bond donors (Lipinski definition) is 1. The Balaban J connectivity index is 1.66. The first-order valence-electron chi connectivity index (χ1n) is 10.4. The van der Waals surface area contributed by atoms with Crippen molar-refractivity contribution in [2.45, 2.75) is 38.5 Å². The lowest BCUT2D eigenvalue weighted by molar-refractivity contribution is 0.102. The van der Waals surface area contributed by atoms with Gasteiger partial charge in [-0.25, -0.2) is 13.1 Å². The third kappa shape index (κ3) is 4.44. The molecule has 1 aliphatic heterocycles. The highest BCUT2D eigenvalue weighted by molar-refractivity contribution is 7.89. The molecule has 168 valence electrons. The molecule has 0 atom stereocenters. The fourth-order valence-corrected chi connectivity index (χ4v) is 5.97. The number of anilines is 1. The zero-order valence-electron chi connectivity index (χ0n) is 18.2. The Morgan fingerprint density at radius 3 is 2.31 bits per heavy atom. The molecule has 0 radical (unpaired) electrons. The Bertz CT molecular complexity index is 1270. The summed E-state index contributed by atoms with van der Waals surface area (Å²) in [5.41, 5.74) is 3.95. The average molecular weight is 473 g/mol. The van der Waals surface area contributed by atoms with Crippen LogP contribution in [-0.2, 0) is 10.0 Å². The maximum atomic E-state index is 13.0. The lowest BCUT2D eigenvalue weighted by atomic mass is 10.1. The van der Waals surface area contributed by atoms with Crippen molar-refractivity contribution in [3.63, 3.8) is 0 Å². The monoisotopic (exact) mass is 472 g/mol. The van der Waals surface area contributed by atoms with Gasteiger partial charge in [0.2, 0.25) is 10.0 Å². The van der Waals surface area contributed by atoms with E-state index in [-0.39, 0.29) is 15.5 Å². The smallest absolute Gasteiger partial charge is 0.256 e. The number of benzene rings is 2. The number of aromatic nitrogens is 2. The standard InChI is InChI=1S/C23H25ClN4O3S/c1-15-10-16(2)12-19(11-15)28-22(13-17(3)26-28)25-23(29)18-6-7-20(24)21(14-18)32(30,31)27-8-4-5-9-27/h6-7,10-14H,4-5,8-9H2,1-3H3,(H,25,29). The molecule has 1 aromatic heterocycles. The second-order valence-electron chi connectivity index (χ2n) is 8.14. The predicted octanol–water partition coefficient (Wildman–Crippen LogP) is 4.49. The maximum absolute atomic E-state index is 13.0. The Hall–Kier alpha value is -2.68. The topological polar surface area (TPSA) is 84.3 Å². The summed E-state index contributed by atoms with van der Waals surface area (Å²) in [6, 6.07) is 12.1. The van der Waals surface area contributed by atoms with E-state index >= 15 is 0 Å². The fourth-order valence-electron chi connectivity index (χ4n) is 3.96. The molecule has 1 fully saturated rings. The SMILES string of the molecule is Cc1cc(C)cc(-n2nc(C)cc2NC(=O)c2ccc(Cl)c(S(=O)(=O)N3CCCC3)c2)c1. The molecular weight excluding hydrogens is 448 g/mol. The molecule has 0 unspecified atom stereocenters. The minimum Gasteiger partial charge on any atom is -0.306 e. The van der Waals surface area contributed by atoms with Gasteiger partial charge in [-0.3, -0.25) is 4.79 Å². The summed E-state index contributed by atoms with van der Waals surface area (Å²) in [4.78, 5) is 13.0. The van der Waals surface area contributed by atoms with Crippen molar-refractivity contribution >= 4 is 33.3 Å². The number of sulfonamides is 1. The van der Waals surface area contributed by atoms with E-state index in [0.717, 1.165) is 35.3 Å². The quantitative estimate of drug-likeness (QED) is 0.593. The van der Waals surface area contributed by atoms with Crippen LogP contribution in [0.15, 0.2) is 47.4 Å². The normalized spacial score (nSPS) is 14.6. The average Bonchev–Trinajstić information content (AvgIpc) is 3.38. The van der Waals surface area contributed by atoms with Crippen LogP contribution in [0.3, 0.4) is 0 Å². The number of aryl methyl sites for hydroxylation is 3. The molecule has 0 spiro atoms. The molecule has 2 heterocycles. The molecule has 0 bridgehead atoms. The molecule has 4 rings (SSSR count). The number of halogens is 1. The first-order chi connectivity index (χ1) is 15.1. The second-order valence-corrected chi connectivity index (χ2v) is 10.5. The molecule has 1 amide bonds. The third-order valence-corrected chi connectivity index (χ3v) is 7.78. The molecular formula is C23H25ClN4O3S. The largest absolute Gasteiger partial charge is 0.306 e. The lowest BCUT2D eigenvalue weighted by Gasteiger charge is -2.17. The summed E-state index contributed by atoms with van der Waals surface area (Å²) in [6.07, 6.45) is 1.64. The molecule has 32 heavy (non-hydrogen) atoms. The zero-order valence-corrected chi connectivity index (χ0v) is 19.8. The summed E-state index contributed by atoms with van der Waals surface area (Å²) in [5.74, 6) is 0.0569. The molecule has 2 aromatic carbocycles. The van der Waals surface area contributed by atoms with Crippen LogP contribution in [-0.4, -0.2) is 41.5 Å². The molecule has 7 nitrogen and oxygen atoms in total. The molecule has 3 aromatic rings. The van der Waals surface area contributed by atoms with Crippen molar-refractivity contribution in [1.29, 1.82) is 0 Å². The summed E-state index contributed by atoms with van der Waals surface area (Å²) in [5, 5.41) is 7.48. The van der Waals surface area contributed by atoms with E-state index in [1.165, 1.54) is 22.5 Å². The van der Waals surface area contributed by atoms with Crippen LogP contribution in [0.5, 0.6) is 0 Å². The van der Waals surface area contributed by atoms with E-state index in [9.17, 15) is 13.2 Å². The Morgan fingerprint density at radius 1 is 1.00 bits per heavy atom. The predicted molar refractivity (Wildman–Crippen MR) is 125 cm³/mol. The van der Waals surface area contributed by atoms with Gasteiger partial charge in [-0.15, -0.1) is 0 Å². The van der Waals surface area contributed by atoms with Crippen LogP contribution >= 0.6 is 11.6 Å². The zero-order chi connectivity index (χ0) is 23.0. The van der Waals surface area contributed by atoms with Crippen molar-refractivity contribution in [3.05, 3.63) is 69.9 Å². The van der Waals surface area contributed by atoms with Gasteiger partial charge in [-0.2, -0.15) is 9.40 Å². The van der Waals surface area contributed by atoms with Gasteiger partial charge in [0.25, 0.3) is 5.91 Å². The Kier molecular flexibility index (Phi) is 6.11. The summed E-state index contributed by atoms with van der Waals surface area (Å²) >= 11 is 6.21. The minimum atomic E-state index is -3.75. The highest BCUT2D eigenvalue weighted by atomic mass is 35.5. The van der Waals surface area contributed by atoms with Gasteiger partial charge in [0.05, 0.1) is 16.4 Å². The first-order valence-corrected chi connectivity index (χ1v) is 12.2. The number of hydrogen-bond acceptors (Lipinski definition) is 4. The van der Waals surface area contributed by atoms with Crippen molar-refractivity contribution in [1.82, 2.24) is 14.1 Å². The molecule has 0 aliphatic carbocycles. The van der Waals surface area contributed by atoms with Crippen LogP contribution in [0, 0.1) is 20.8 Å². The van der Waals surface area contributed by atoms with Gasteiger partial charge < -0.3 is 5.32 Å². The van der Waals surface area contributed by atoms with Gasteiger partial charge in [0, 0.05) is 24.7 Å². The van der Waals surface area contributed by atoms with Crippen LogP contribution in [0.4, 0.5) is 5.82 Å². The van der Waals surface area contributed by atoms with Gasteiger partial charge in [-0.1, -0.05) is 17.7 Å². The van der Waals surface area contributed by atoms with E-state index in [4.69, 9.17) is 11.6 Å². The minimum absolute atomic E-state index is 0.0484. The number of carbonyl (C=O) groups is 1. The van der Waals surface area contributed by atoms with Crippen molar-refractivity contribution in [3.8, 4) is 5.69 Å². The second kappa shape index (κ2) is 8.69. The first kappa shape index (κ1) is 22.5. The number of amides is 1. The van der Waals surface area contributed by atoms with Gasteiger partial charge >= 0.3 is 0 Å². The van der Waals surface area contributed by atoms with Crippen LogP contribution in [0.2, 0.25) is 5.02 Å². The lowest BCUT2D eigenvalue weighted by Crippen LogP contribution is -2.28. The third-order valence-electron chi connectivity index (χ3n) is 5.40. The summed E-state index contributed by atoms with van der Waals surface area (Å²) < 4.78 is 29.1. The van der Waals surface area contributed by atoms with E-state index in [1.54, 1.807) is 10.7 Å². The van der Waals surface area contributed by atoms with Crippen molar-refractivity contribution < 1.29 is 13.2 Å². The molecule has 9 heteroatoms. The molecule has 1 aliphatic rings. The Labute approximate surface area is 193 Å². The summed E-state index contributed by atoms with van der Waals surface area (Å²) in [7, 11) is -3.75. The van der Waals surface area contributed by atoms with Gasteiger partial charge in [0.1, 0.15) is 10.7 Å². The maximum Gasteiger partial charge on any atom is 0.256 e. The molecule has 1 saturated heterocycles. The highest BCUT2D eigenvalue weighted by Crippen LogP contribution is 2.29. The van der Waals surface area contributed by atoms with Crippen LogP contribution in [0.1, 0.15) is 40.0 Å². The molecule has 1 N–H and O–H groups in total. The fraction of sp³-hybridized carbons (Fsp3) is 0.304. The van der Waals surface area contributed by atoms with E-state index in [0.29, 0.717) is 18.9 Å². The van der Waals surface area contributed by atoms with Crippen molar-refractivity contribution in [2.75, 3.05) is 18.4 Å².